The number of nitrogens with two attached hydrogens (primary N) is 1. The maximum absolute atomic E-state index is 13.9. The Labute approximate surface area is 328 Å². The van der Waals surface area contributed by atoms with Crippen LogP contribution < -0.4 is 16.4 Å². The third-order valence-electron chi connectivity index (χ3n) is 8.32. The number of halogens is 2. The fourth-order valence-corrected chi connectivity index (χ4v) is 10.4. The van der Waals surface area contributed by atoms with Gasteiger partial charge in [0.25, 0.3) is 11.8 Å². The number of carbonyl (C=O) groups is 3. The number of hydrogen-bond acceptors (Lipinski definition) is 14. The Morgan fingerprint density at radius 2 is 1.63 bits per heavy atom. The molecule has 1 fully saturated rings. The minimum absolute atomic E-state index is 0.0651. The Morgan fingerprint density at radius 1 is 1.02 bits per heavy atom. The number of thiazole rings is 1. The number of aliphatic carboxylic acids is 1. The number of alkyl halides is 1. The van der Waals surface area contributed by atoms with Crippen molar-refractivity contribution in [1.29, 1.82) is 0 Å². The van der Waals surface area contributed by atoms with Crippen LogP contribution in [0.2, 0.25) is 4.34 Å². The van der Waals surface area contributed by atoms with E-state index in [1.165, 1.54) is 11.8 Å². The third-order valence-corrected chi connectivity index (χ3v) is 12.8. The average Bonchev–Trinajstić information content (AvgIpc) is 3.78. The lowest BCUT2D eigenvalue weighted by Crippen LogP contribution is -2.71. The topological polar surface area (TPSA) is 185 Å². The average molecular weight is 823 g/mol. The Bertz CT molecular complexity index is 2150. The molecule has 54 heavy (non-hydrogen) atoms. The van der Waals surface area contributed by atoms with E-state index in [9.17, 15) is 23.9 Å². The predicted octanol–water partition coefficient (Wildman–Crippen LogP) is 5.81. The summed E-state index contributed by atoms with van der Waals surface area (Å²) in [6.07, 6.45) is 0. The molecule has 0 radical (unpaired) electrons. The molecule has 2 aliphatic heterocycles. The highest BCUT2D eigenvalue weighted by molar-refractivity contribution is 8.07. The molecule has 0 saturated carbocycles. The highest BCUT2D eigenvalue weighted by Gasteiger charge is 2.55. The maximum Gasteiger partial charge on any atom is 0.353 e. The number of oxime groups is 1. The molecule has 1 unspecified atom stereocenters. The zero-order chi connectivity index (χ0) is 37.8. The lowest BCUT2D eigenvalue weighted by molar-refractivity contribution is -0.150. The fraction of sp³-hybridized carbons (Fsp3) is 0.171. The van der Waals surface area contributed by atoms with Crippen LogP contribution in [0.3, 0.4) is 0 Å². The number of carbonyl (C=O) groups excluding carboxylic acids is 2. The van der Waals surface area contributed by atoms with Crippen molar-refractivity contribution in [1.82, 2.24) is 25.4 Å². The number of nitrogens with zero attached hydrogens (tertiary/aromatic N) is 5. The molecule has 7 rings (SSSR count). The van der Waals surface area contributed by atoms with Gasteiger partial charge in [-0.25, -0.2) is 14.2 Å². The molecule has 2 aromatic heterocycles. The summed E-state index contributed by atoms with van der Waals surface area (Å²) in [6, 6.07) is 28.2. The molecule has 13 nitrogen and oxygen atoms in total. The van der Waals surface area contributed by atoms with E-state index in [1.54, 1.807) is 0 Å². The lowest BCUT2D eigenvalue weighted by Gasteiger charge is -2.49. The molecule has 19 heteroatoms. The van der Waals surface area contributed by atoms with Crippen LogP contribution >= 0.6 is 57.8 Å². The third kappa shape index (κ3) is 7.26. The molecule has 5 aromatic rings. The molecular formula is C35H28ClFN8O5S4. The maximum atomic E-state index is 13.9. The van der Waals surface area contributed by atoms with Crippen molar-refractivity contribution in [3.63, 3.8) is 0 Å². The van der Waals surface area contributed by atoms with Crippen molar-refractivity contribution < 1.29 is 28.7 Å². The first-order chi connectivity index (χ1) is 26.2. The summed E-state index contributed by atoms with van der Waals surface area (Å²) >= 11 is 11.3. The van der Waals surface area contributed by atoms with E-state index in [0.717, 1.165) is 56.0 Å². The van der Waals surface area contributed by atoms with E-state index in [4.69, 9.17) is 27.2 Å². The van der Waals surface area contributed by atoms with Crippen LogP contribution in [0.5, 0.6) is 0 Å². The predicted molar refractivity (Wildman–Crippen MR) is 208 cm³/mol. The number of carboxylic acids is 1. The van der Waals surface area contributed by atoms with Crippen molar-refractivity contribution in [3.8, 4) is 0 Å². The van der Waals surface area contributed by atoms with Gasteiger partial charge in [0.15, 0.2) is 15.2 Å². The Hall–Kier alpha value is -5.01. The Morgan fingerprint density at radius 3 is 2.17 bits per heavy atom. The van der Waals surface area contributed by atoms with Gasteiger partial charge in [-0.2, -0.15) is 0 Å². The van der Waals surface area contributed by atoms with Crippen LogP contribution in [0.25, 0.3) is 0 Å². The zero-order valence-electron chi connectivity index (χ0n) is 27.7. The fourth-order valence-electron chi connectivity index (χ4n) is 6.03. The van der Waals surface area contributed by atoms with Gasteiger partial charge in [0.2, 0.25) is 5.13 Å². The molecule has 2 aliphatic rings. The lowest BCUT2D eigenvalue weighted by atomic mass is 9.77. The number of rotatable bonds is 14. The smallest absolute Gasteiger partial charge is 0.353 e. The van der Waals surface area contributed by atoms with Crippen molar-refractivity contribution >= 4 is 91.6 Å². The molecular weight excluding hydrogens is 795 g/mol. The molecule has 2 amide bonds. The van der Waals surface area contributed by atoms with E-state index in [1.807, 2.05) is 91.0 Å². The number of fused-ring (bicyclic) bond motifs is 1. The van der Waals surface area contributed by atoms with Gasteiger partial charge >= 0.3 is 5.97 Å². The molecule has 3 aromatic carbocycles. The normalized spacial score (nSPS) is 17.1. The van der Waals surface area contributed by atoms with Gasteiger partial charge in [0, 0.05) is 10.7 Å². The largest absolute Gasteiger partial charge is 0.477 e. The second kappa shape index (κ2) is 16.2. The summed E-state index contributed by atoms with van der Waals surface area (Å²) in [6.45, 7) is -1.34. The summed E-state index contributed by atoms with van der Waals surface area (Å²) in [4.78, 5) is 51.1. The molecule has 1 saturated heterocycles. The number of β-lactam (4-membered cyclic amide) rings is 1. The highest BCUT2D eigenvalue weighted by atomic mass is 35.5. The standard InChI is InChI=1S/C35H28ClFN8O5S4/c36-27-23(40-33(53-27)41-35(19-10-4-1-5-11-19,20-12-6-2-7-13-20)21-14-8-3-9-15-21)24(44-50-17-16-37)28(46)39-25-29(47)45-26(31(48)49)22(18-51-30(25)45)52-34-43-42-32(38)54-34/h1-15,25,30H,16-18H2,(H2,38,42)(H,39,46)(H,40,41)(H,48,49)/t25-,30?/m1/s1. The molecule has 0 spiro atoms. The number of amides is 2. The summed E-state index contributed by atoms with van der Waals surface area (Å²) in [5, 5.41) is 27.7. The zero-order valence-corrected chi connectivity index (χ0v) is 31.7. The summed E-state index contributed by atoms with van der Waals surface area (Å²) in [5.41, 5.74) is 6.72. The van der Waals surface area contributed by atoms with E-state index in [-0.39, 0.29) is 26.6 Å². The second-order valence-electron chi connectivity index (χ2n) is 11.5. The van der Waals surface area contributed by atoms with Crippen LogP contribution in [-0.2, 0) is 24.8 Å². The van der Waals surface area contributed by atoms with Gasteiger partial charge < -0.3 is 26.3 Å². The Balaban J connectivity index is 1.19. The SMILES string of the molecule is Nc1nnc(SC2=C(C(=O)O)N3C(=O)[C@@H](NC(=O)C(=NOCCF)c4nc(NC(c5ccccc5)(c5ccccc5)c5ccccc5)sc4Cl)C3SC2)s1. The summed E-state index contributed by atoms with van der Waals surface area (Å²) in [7, 11) is 0. The van der Waals surface area contributed by atoms with Crippen LogP contribution in [0, 0.1) is 0 Å². The van der Waals surface area contributed by atoms with E-state index in [0.29, 0.717) is 14.4 Å². The van der Waals surface area contributed by atoms with Gasteiger partial charge in [-0.1, -0.05) is 142 Å². The second-order valence-corrected chi connectivity index (χ2v) is 16.6. The van der Waals surface area contributed by atoms with Gasteiger partial charge in [-0.3, -0.25) is 14.5 Å². The van der Waals surface area contributed by atoms with Crippen molar-refractivity contribution in [3.05, 3.63) is 128 Å². The summed E-state index contributed by atoms with van der Waals surface area (Å²) in [5.74, 6) is -2.63. The number of thioether (sulfide) groups is 2. The van der Waals surface area contributed by atoms with E-state index < -0.39 is 53.7 Å². The number of carboxylic acid groups (broad SMARTS) is 1. The number of nitrogens with one attached hydrogen (secondary N) is 2. The number of hydrogen-bond donors (Lipinski definition) is 4. The van der Waals surface area contributed by atoms with Crippen LogP contribution in [0.1, 0.15) is 22.4 Å². The quantitative estimate of drug-likeness (QED) is 0.0347. The minimum atomic E-state index is -1.31. The van der Waals surface area contributed by atoms with Gasteiger partial charge in [-0.05, 0) is 16.7 Å². The first kappa shape index (κ1) is 37.3. The van der Waals surface area contributed by atoms with Crippen molar-refractivity contribution in [2.75, 3.05) is 30.1 Å². The number of anilines is 2. The van der Waals surface area contributed by atoms with Gasteiger partial charge in [0.05, 0.1) is 0 Å². The summed E-state index contributed by atoms with van der Waals surface area (Å²) < 4.78 is 13.6. The highest BCUT2D eigenvalue weighted by Crippen LogP contribution is 2.46. The van der Waals surface area contributed by atoms with Crippen molar-refractivity contribution in [2.24, 2.45) is 5.16 Å². The number of benzene rings is 3. The van der Waals surface area contributed by atoms with Crippen LogP contribution in [0.15, 0.2) is 111 Å². The molecule has 0 bridgehead atoms. The molecule has 2 atom stereocenters. The number of nitrogen functional groups attached to an aromatic ring is 1. The van der Waals surface area contributed by atoms with Gasteiger partial charge in [-0.15, -0.1) is 22.0 Å². The molecule has 5 N–H and O–H groups in total. The van der Waals surface area contributed by atoms with Crippen molar-refractivity contribution in [2.45, 2.75) is 21.3 Å². The van der Waals surface area contributed by atoms with Crippen LogP contribution in [0.4, 0.5) is 14.7 Å². The number of aromatic nitrogens is 3. The van der Waals surface area contributed by atoms with E-state index >= 15 is 0 Å². The van der Waals surface area contributed by atoms with E-state index in [2.05, 4.69) is 26.0 Å². The van der Waals surface area contributed by atoms with Gasteiger partial charge in [0.1, 0.15) is 46.0 Å². The first-order valence-electron chi connectivity index (χ1n) is 16.1. The minimum Gasteiger partial charge on any atom is -0.477 e. The van der Waals surface area contributed by atoms with Crippen LogP contribution in [-0.4, -0.2) is 79.1 Å². The molecule has 276 valence electrons. The molecule has 0 aliphatic carbocycles. The monoisotopic (exact) mass is 822 g/mol. The Kier molecular flexibility index (Phi) is 11.2. The molecule has 4 heterocycles. The first-order valence-corrected chi connectivity index (χ1v) is 19.9.